The molecule has 2 aromatic rings. The highest BCUT2D eigenvalue weighted by atomic mass is 32.2. The van der Waals surface area contributed by atoms with E-state index in [4.69, 9.17) is 5.73 Å². The summed E-state index contributed by atoms with van der Waals surface area (Å²) in [7, 11) is -3.81. The van der Waals surface area contributed by atoms with Crippen molar-refractivity contribution < 1.29 is 12.8 Å². The average molecular weight is 294 g/mol. The van der Waals surface area contributed by atoms with Gasteiger partial charge in [0, 0.05) is 5.69 Å². The highest BCUT2D eigenvalue weighted by Gasteiger charge is 2.21. The summed E-state index contributed by atoms with van der Waals surface area (Å²) >= 11 is 0. The fourth-order valence-electron chi connectivity index (χ4n) is 1.89. The number of nitrogens with two attached hydrogens (primary N) is 1. The van der Waals surface area contributed by atoms with Crippen molar-refractivity contribution in [3.05, 3.63) is 53.3 Å². The summed E-state index contributed by atoms with van der Waals surface area (Å²) in [6.45, 7) is 3.42. The Kier molecular flexibility index (Phi) is 3.67. The van der Waals surface area contributed by atoms with Gasteiger partial charge in [0.1, 0.15) is 10.7 Å². The Bertz CT molecular complexity index is 741. The Labute approximate surface area is 117 Å². The van der Waals surface area contributed by atoms with Crippen LogP contribution < -0.4 is 10.5 Å². The van der Waals surface area contributed by atoms with Crippen molar-refractivity contribution >= 4 is 21.4 Å². The summed E-state index contributed by atoms with van der Waals surface area (Å²) in [5.74, 6) is -0.431. The minimum absolute atomic E-state index is 0.0572. The molecule has 3 N–H and O–H groups in total. The number of benzene rings is 2. The van der Waals surface area contributed by atoms with E-state index in [0.717, 1.165) is 0 Å². The highest BCUT2D eigenvalue weighted by Crippen LogP contribution is 2.27. The van der Waals surface area contributed by atoms with Gasteiger partial charge in [-0.3, -0.25) is 4.72 Å². The minimum atomic E-state index is -3.81. The fourth-order valence-corrected chi connectivity index (χ4v) is 3.38. The molecule has 0 aromatic heterocycles. The first-order valence-electron chi connectivity index (χ1n) is 5.95. The van der Waals surface area contributed by atoms with Gasteiger partial charge in [-0.05, 0) is 49.2 Å². The predicted octanol–water partition coefficient (Wildman–Crippen LogP) is 2.83. The van der Waals surface area contributed by atoms with Gasteiger partial charge in [0.05, 0.1) is 5.69 Å². The molecule has 6 heteroatoms. The summed E-state index contributed by atoms with van der Waals surface area (Å²) in [6, 6.07) is 8.55. The number of aryl methyl sites for hydroxylation is 2. The lowest BCUT2D eigenvalue weighted by Gasteiger charge is -2.14. The van der Waals surface area contributed by atoms with Gasteiger partial charge in [0.25, 0.3) is 10.0 Å². The minimum Gasteiger partial charge on any atom is -0.397 e. The number of hydrogen-bond donors (Lipinski definition) is 2. The maximum Gasteiger partial charge on any atom is 0.264 e. The number of nitrogens with one attached hydrogen (secondary N) is 1. The zero-order valence-electron chi connectivity index (χ0n) is 11.1. The Hall–Kier alpha value is -2.08. The van der Waals surface area contributed by atoms with E-state index in [1.54, 1.807) is 26.0 Å². The van der Waals surface area contributed by atoms with E-state index in [2.05, 4.69) is 4.72 Å². The monoisotopic (exact) mass is 294 g/mol. The third-order valence-electron chi connectivity index (χ3n) is 2.98. The van der Waals surface area contributed by atoms with Crippen LogP contribution in [-0.4, -0.2) is 8.42 Å². The molecular formula is C14H15FN2O2S. The van der Waals surface area contributed by atoms with E-state index in [0.29, 0.717) is 11.1 Å². The number of rotatable bonds is 3. The second kappa shape index (κ2) is 5.13. The first-order chi connectivity index (χ1) is 9.31. The molecule has 20 heavy (non-hydrogen) atoms. The molecule has 0 fully saturated rings. The van der Waals surface area contributed by atoms with Crippen LogP contribution in [0.1, 0.15) is 11.1 Å². The number of nitrogen functional groups attached to an aromatic ring is 1. The van der Waals surface area contributed by atoms with Crippen molar-refractivity contribution in [3.8, 4) is 0 Å². The lowest BCUT2D eigenvalue weighted by molar-refractivity contribution is 0.600. The molecule has 0 atom stereocenters. The Balaban J connectivity index is 2.46. The van der Waals surface area contributed by atoms with Crippen molar-refractivity contribution in [1.82, 2.24) is 0 Å². The molecule has 0 saturated carbocycles. The predicted molar refractivity (Wildman–Crippen MR) is 77.5 cm³/mol. The van der Waals surface area contributed by atoms with Crippen molar-refractivity contribution in [1.29, 1.82) is 0 Å². The quantitative estimate of drug-likeness (QED) is 0.855. The molecule has 0 bridgehead atoms. The number of hydrogen-bond acceptors (Lipinski definition) is 3. The molecule has 0 unspecified atom stereocenters. The number of sulfonamides is 1. The van der Waals surface area contributed by atoms with E-state index in [9.17, 15) is 12.8 Å². The molecule has 106 valence electrons. The van der Waals surface area contributed by atoms with Gasteiger partial charge in [0.2, 0.25) is 0 Å². The van der Waals surface area contributed by atoms with Crippen LogP contribution in [0.3, 0.4) is 0 Å². The molecule has 0 saturated heterocycles. The van der Waals surface area contributed by atoms with Crippen LogP contribution in [0.25, 0.3) is 0 Å². The average Bonchev–Trinajstić information content (AvgIpc) is 2.37. The molecule has 2 aromatic carbocycles. The van der Waals surface area contributed by atoms with Crippen molar-refractivity contribution in [2.45, 2.75) is 18.7 Å². The molecule has 0 amide bonds. The fraction of sp³-hybridized carbons (Fsp3) is 0.143. The first-order valence-corrected chi connectivity index (χ1v) is 7.43. The smallest absolute Gasteiger partial charge is 0.264 e. The third kappa shape index (κ3) is 2.75. The maximum atomic E-state index is 12.8. The Morgan fingerprint density at radius 2 is 1.55 bits per heavy atom. The summed E-state index contributed by atoms with van der Waals surface area (Å²) in [4.78, 5) is 0.0572. The van der Waals surface area contributed by atoms with E-state index in [1.807, 2.05) is 0 Å². The van der Waals surface area contributed by atoms with Crippen LogP contribution in [0.2, 0.25) is 0 Å². The molecular weight excluding hydrogens is 279 g/mol. The molecule has 0 spiro atoms. The number of halogens is 1. The van der Waals surface area contributed by atoms with Crippen LogP contribution in [0.5, 0.6) is 0 Å². The van der Waals surface area contributed by atoms with E-state index in [-0.39, 0.29) is 16.3 Å². The van der Waals surface area contributed by atoms with Gasteiger partial charge in [-0.25, -0.2) is 12.8 Å². The lowest BCUT2D eigenvalue weighted by Crippen LogP contribution is -2.16. The molecule has 0 radical (unpaired) electrons. The van der Waals surface area contributed by atoms with E-state index >= 15 is 0 Å². The van der Waals surface area contributed by atoms with Crippen molar-refractivity contribution in [3.63, 3.8) is 0 Å². The van der Waals surface area contributed by atoms with E-state index in [1.165, 1.54) is 24.3 Å². The summed E-state index contributed by atoms with van der Waals surface area (Å²) in [5.41, 5.74) is 7.62. The van der Waals surface area contributed by atoms with Crippen molar-refractivity contribution in [2.75, 3.05) is 10.5 Å². The number of anilines is 2. The van der Waals surface area contributed by atoms with Gasteiger partial charge in [0.15, 0.2) is 0 Å². The zero-order chi connectivity index (χ0) is 14.9. The third-order valence-corrected chi connectivity index (χ3v) is 4.56. The van der Waals surface area contributed by atoms with Crippen LogP contribution in [-0.2, 0) is 10.0 Å². The van der Waals surface area contributed by atoms with Crippen molar-refractivity contribution in [2.24, 2.45) is 0 Å². The first kappa shape index (κ1) is 14.3. The Morgan fingerprint density at radius 1 is 1.00 bits per heavy atom. The second-order valence-electron chi connectivity index (χ2n) is 4.55. The maximum absolute atomic E-state index is 12.8. The molecule has 0 aliphatic rings. The molecule has 4 nitrogen and oxygen atoms in total. The highest BCUT2D eigenvalue weighted by molar-refractivity contribution is 7.93. The normalized spacial score (nSPS) is 11.3. The summed E-state index contributed by atoms with van der Waals surface area (Å²) < 4.78 is 40.0. The molecule has 2 rings (SSSR count). The van der Waals surface area contributed by atoms with Crippen LogP contribution in [0.4, 0.5) is 15.8 Å². The second-order valence-corrected chi connectivity index (χ2v) is 6.17. The standard InChI is InChI=1S/C14H15FN2O2S/c1-9-3-4-10(2)14(13(9)16)20(18,19)17-12-7-5-11(15)6-8-12/h3-8,17H,16H2,1-2H3. The summed E-state index contributed by atoms with van der Waals surface area (Å²) in [5, 5.41) is 0. The van der Waals surface area contributed by atoms with Gasteiger partial charge in [-0.1, -0.05) is 12.1 Å². The summed E-state index contributed by atoms with van der Waals surface area (Å²) in [6.07, 6.45) is 0. The topological polar surface area (TPSA) is 72.2 Å². The van der Waals surface area contributed by atoms with Crippen LogP contribution in [0, 0.1) is 19.7 Å². The van der Waals surface area contributed by atoms with Crippen LogP contribution in [0.15, 0.2) is 41.3 Å². The van der Waals surface area contributed by atoms with Crippen LogP contribution >= 0.6 is 0 Å². The lowest BCUT2D eigenvalue weighted by atomic mass is 10.1. The Morgan fingerprint density at radius 3 is 2.15 bits per heavy atom. The zero-order valence-corrected chi connectivity index (χ0v) is 12.0. The van der Waals surface area contributed by atoms with Gasteiger partial charge >= 0.3 is 0 Å². The SMILES string of the molecule is Cc1ccc(C)c(S(=O)(=O)Nc2ccc(F)cc2)c1N. The molecule has 0 aliphatic carbocycles. The van der Waals surface area contributed by atoms with Gasteiger partial charge < -0.3 is 5.73 Å². The molecule has 0 aliphatic heterocycles. The van der Waals surface area contributed by atoms with Gasteiger partial charge in [-0.2, -0.15) is 0 Å². The molecule has 0 heterocycles. The van der Waals surface area contributed by atoms with Gasteiger partial charge in [-0.15, -0.1) is 0 Å². The van der Waals surface area contributed by atoms with E-state index < -0.39 is 15.8 Å². The largest absolute Gasteiger partial charge is 0.397 e.